The Morgan fingerprint density at radius 3 is 2.26 bits per heavy atom. The molecule has 0 unspecified atom stereocenters. The van der Waals surface area contributed by atoms with Crippen molar-refractivity contribution in [1.82, 2.24) is 0 Å². The standard InChI is InChI=1S/C22H20S/c1-2-17-8-6-7-11-21(17)22-13-12-19(16-20(22)14-15-23)18-9-4-3-5-10-18/h2-13,16,23H,1,14-15H2. The van der Waals surface area contributed by atoms with Crippen LogP contribution >= 0.6 is 12.6 Å². The molecule has 0 bridgehead atoms. The molecule has 0 fully saturated rings. The fraction of sp³-hybridized carbons (Fsp3) is 0.0909. The number of thiol groups is 1. The molecule has 0 aromatic heterocycles. The highest BCUT2D eigenvalue weighted by Crippen LogP contribution is 2.32. The van der Waals surface area contributed by atoms with Crippen LogP contribution in [0, 0.1) is 0 Å². The van der Waals surface area contributed by atoms with Gasteiger partial charge in [0.1, 0.15) is 0 Å². The van der Waals surface area contributed by atoms with Crippen molar-refractivity contribution >= 4 is 18.7 Å². The molecule has 114 valence electrons. The number of rotatable bonds is 5. The summed E-state index contributed by atoms with van der Waals surface area (Å²) in [5, 5.41) is 0. The monoisotopic (exact) mass is 316 g/mol. The topological polar surface area (TPSA) is 0 Å². The van der Waals surface area contributed by atoms with Gasteiger partial charge in [-0.05, 0) is 45.6 Å². The van der Waals surface area contributed by atoms with E-state index in [2.05, 4.69) is 85.9 Å². The molecule has 0 aliphatic carbocycles. The van der Waals surface area contributed by atoms with Crippen LogP contribution in [0.25, 0.3) is 28.3 Å². The Morgan fingerprint density at radius 2 is 1.52 bits per heavy atom. The van der Waals surface area contributed by atoms with E-state index in [-0.39, 0.29) is 0 Å². The minimum atomic E-state index is 0.835. The minimum absolute atomic E-state index is 0.835. The average Bonchev–Trinajstić information content (AvgIpc) is 2.63. The highest BCUT2D eigenvalue weighted by molar-refractivity contribution is 7.80. The lowest BCUT2D eigenvalue weighted by atomic mass is 9.91. The van der Waals surface area contributed by atoms with Crippen LogP contribution in [0.2, 0.25) is 0 Å². The normalized spacial score (nSPS) is 10.5. The number of hydrogen-bond donors (Lipinski definition) is 1. The van der Waals surface area contributed by atoms with Crippen LogP contribution in [0.1, 0.15) is 11.1 Å². The first-order chi connectivity index (χ1) is 11.3. The predicted molar refractivity (Wildman–Crippen MR) is 105 cm³/mol. The summed E-state index contributed by atoms with van der Waals surface area (Å²) in [5.74, 6) is 0.835. The summed E-state index contributed by atoms with van der Waals surface area (Å²) in [6.07, 6.45) is 2.87. The van der Waals surface area contributed by atoms with E-state index < -0.39 is 0 Å². The van der Waals surface area contributed by atoms with Gasteiger partial charge in [-0.3, -0.25) is 0 Å². The van der Waals surface area contributed by atoms with E-state index in [9.17, 15) is 0 Å². The number of aryl methyl sites for hydroxylation is 1. The van der Waals surface area contributed by atoms with Crippen LogP contribution in [0.5, 0.6) is 0 Å². The zero-order chi connectivity index (χ0) is 16.1. The molecule has 0 radical (unpaired) electrons. The average molecular weight is 316 g/mol. The van der Waals surface area contributed by atoms with Gasteiger partial charge in [0, 0.05) is 0 Å². The van der Waals surface area contributed by atoms with Crippen LogP contribution in [-0.2, 0) is 6.42 Å². The van der Waals surface area contributed by atoms with Gasteiger partial charge in [0.05, 0.1) is 0 Å². The second kappa shape index (κ2) is 7.34. The SMILES string of the molecule is C=Cc1ccccc1-c1ccc(-c2ccccc2)cc1CCS. The molecular formula is C22H20S. The predicted octanol–water partition coefficient (Wildman–Crippen LogP) is 6.14. The van der Waals surface area contributed by atoms with Crippen LogP contribution in [0.15, 0.2) is 79.4 Å². The van der Waals surface area contributed by atoms with E-state index in [1.807, 2.05) is 12.1 Å². The molecule has 0 heterocycles. The quantitative estimate of drug-likeness (QED) is 0.537. The van der Waals surface area contributed by atoms with Crippen LogP contribution in [-0.4, -0.2) is 5.75 Å². The molecule has 0 aliphatic rings. The van der Waals surface area contributed by atoms with E-state index in [1.54, 1.807) is 0 Å². The van der Waals surface area contributed by atoms with Gasteiger partial charge >= 0.3 is 0 Å². The van der Waals surface area contributed by atoms with E-state index in [0.29, 0.717) is 0 Å². The van der Waals surface area contributed by atoms with Crippen LogP contribution < -0.4 is 0 Å². The second-order valence-corrected chi connectivity index (χ2v) is 5.95. The molecule has 0 amide bonds. The largest absolute Gasteiger partial charge is 0.179 e. The van der Waals surface area contributed by atoms with Gasteiger partial charge in [0.15, 0.2) is 0 Å². The molecule has 0 atom stereocenters. The van der Waals surface area contributed by atoms with Gasteiger partial charge in [-0.2, -0.15) is 12.6 Å². The summed E-state index contributed by atoms with van der Waals surface area (Å²) >= 11 is 4.44. The smallest absolute Gasteiger partial charge is 0.00571 e. The van der Waals surface area contributed by atoms with Crippen molar-refractivity contribution in [3.8, 4) is 22.3 Å². The van der Waals surface area contributed by atoms with Gasteiger partial charge in [0.2, 0.25) is 0 Å². The van der Waals surface area contributed by atoms with Crippen molar-refractivity contribution in [2.45, 2.75) is 6.42 Å². The zero-order valence-electron chi connectivity index (χ0n) is 13.1. The van der Waals surface area contributed by atoms with Crippen LogP contribution in [0.4, 0.5) is 0 Å². The lowest BCUT2D eigenvalue weighted by molar-refractivity contribution is 1.17. The second-order valence-electron chi connectivity index (χ2n) is 5.50. The van der Waals surface area contributed by atoms with Crippen molar-refractivity contribution in [1.29, 1.82) is 0 Å². The van der Waals surface area contributed by atoms with E-state index >= 15 is 0 Å². The summed E-state index contributed by atoms with van der Waals surface area (Å²) < 4.78 is 0. The summed E-state index contributed by atoms with van der Waals surface area (Å²) in [4.78, 5) is 0. The van der Waals surface area contributed by atoms with Crippen molar-refractivity contribution < 1.29 is 0 Å². The number of benzene rings is 3. The van der Waals surface area contributed by atoms with Crippen molar-refractivity contribution in [3.63, 3.8) is 0 Å². The third kappa shape index (κ3) is 3.40. The molecule has 3 rings (SSSR count). The molecule has 0 spiro atoms. The molecule has 0 aliphatic heterocycles. The number of hydrogen-bond acceptors (Lipinski definition) is 1. The lowest BCUT2D eigenvalue weighted by Crippen LogP contribution is -1.94. The van der Waals surface area contributed by atoms with Crippen molar-refractivity contribution in [2.75, 3.05) is 5.75 Å². The molecule has 0 saturated carbocycles. The first-order valence-electron chi connectivity index (χ1n) is 7.84. The van der Waals surface area contributed by atoms with E-state index in [4.69, 9.17) is 0 Å². The maximum Gasteiger partial charge on any atom is -0.00571 e. The summed E-state index contributed by atoms with van der Waals surface area (Å²) in [6, 6.07) is 25.6. The molecule has 0 nitrogen and oxygen atoms in total. The molecule has 3 aromatic rings. The minimum Gasteiger partial charge on any atom is -0.179 e. The Kier molecular flexibility index (Phi) is 4.99. The Bertz CT molecular complexity index is 803. The van der Waals surface area contributed by atoms with Crippen LogP contribution in [0.3, 0.4) is 0 Å². The van der Waals surface area contributed by atoms with E-state index in [1.165, 1.54) is 33.4 Å². The molecule has 1 heteroatoms. The Labute approximate surface area is 143 Å². The third-order valence-corrected chi connectivity index (χ3v) is 4.29. The van der Waals surface area contributed by atoms with Crippen molar-refractivity contribution in [3.05, 3.63) is 90.5 Å². The first kappa shape index (κ1) is 15.6. The Hall–Kier alpha value is -2.25. The van der Waals surface area contributed by atoms with Gasteiger partial charge < -0.3 is 0 Å². The van der Waals surface area contributed by atoms with Gasteiger partial charge in [0.25, 0.3) is 0 Å². The summed E-state index contributed by atoms with van der Waals surface area (Å²) in [5.41, 5.74) is 7.50. The summed E-state index contributed by atoms with van der Waals surface area (Å²) in [7, 11) is 0. The molecular weight excluding hydrogens is 296 g/mol. The first-order valence-corrected chi connectivity index (χ1v) is 8.48. The molecule has 3 aromatic carbocycles. The highest BCUT2D eigenvalue weighted by Gasteiger charge is 2.09. The lowest BCUT2D eigenvalue weighted by Gasteiger charge is -2.14. The molecule has 23 heavy (non-hydrogen) atoms. The molecule has 0 N–H and O–H groups in total. The van der Waals surface area contributed by atoms with Gasteiger partial charge in [-0.25, -0.2) is 0 Å². The molecule has 0 saturated heterocycles. The Balaban J connectivity index is 2.13. The fourth-order valence-electron chi connectivity index (χ4n) is 2.91. The zero-order valence-corrected chi connectivity index (χ0v) is 14.0. The maximum absolute atomic E-state index is 4.44. The van der Waals surface area contributed by atoms with Gasteiger partial charge in [-0.1, -0.05) is 85.5 Å². The van der Waals surface area contributed by atoms with Gasteiger partial charge in [-0.15, -0.1) is 0 Å². The van der Waals surface area contributed by atoms with Crippen molar-refractivity contribution in [2.24, 2.45) is 0 Å². The third-order valence-electron chi connectivity index (χ3n) is 4.06. The Morgan fingerprint density at radius 1 is 0.783 bits per heavy atom. The fourth-order valence-corrected chi connectivity index (χ4v) is 3.16. The van der Waals surface area contributed by atoms with E-state index in [0.717, 1.165) is 12.2 Å². The maximum atomic E-state index is 4.44. The highest BCUT2D eigenvalue weighted by atomic mass is 32.1. The summed E-state index contributed by atoms with van der Waals surface area (Å²) in [6.45, 7) is 3.94.